The fraction of sp³-hybridized carbons (Fsp3) is 0.375. The molecule has 4 nitrogen and oxygen atoms in total. The first-order chi connectivity index (χ1) is 9.79. The van der Waals surface area contributed by atoms with Crippen molar-refractivity contribution >= 4 is 0 Å². The lowest BCUT2D eigenvalue weighted by atomic mass is 10.0. The molecule has 0 spiro atoms. The minimum Gasteiger partial charge on any atom is -0.493 e. The SMILES string of the molecule is CCOc1ccccc1-c1nc(C)c2c(n1)CNCC2. The highest BCUT2D eigenvalue weighted by molar-refractivity contribution is 5.64. The van der Waals surface area contributed by atoms with Crippen LogP contribution < -0.4 is 10.1 Å². The fourth-order valence-electron chi connectivity index (χ4n) is 2.60. The molecule has 0 saturated carbocycles. The van der Waals surface area contributed by atoms with Gasteiger partial charge in [0, 0.05) is 12.2 Å². The lowest BCUT2D eigenvalue weighted by molar-refractivity contribution is 0.341. The Kier molecular flexibility index (Phi) is 3.65. The van der Waals surface area contributed by atoms with Crippen LogP contribution in [0.4, 0.5) is 0 Å². The molecule has 1 aromatic heterocycles. The summed E-state index contributed by atoms with van der Waals surface area (Å²) in [6.45, 7) is 6.52. The maximum absolute atomic E-state index is 5.68. The Morgan fingerprint density at radius 2 is 2.10 bits per heavy atom. The Morgan fingerprint density at radius 1 is 1.25 bits per heavy atom. The van der Waals surface area contributed by atoms with Gasteiger partial charge in [-0.1, -0.05) is 12.1 Å². The summed E-state index contributed by atoms with van der Waals surface area (Å²) in [6, 6.07) is 7.95. The number of benzene rings is 1. The molecule has 0 atom stereocenters. The molecule has 20 heavy (non-hydrogen) atoms. The minimum atomic E-state index is 0.641. The number of aromatic nitrogens is 2. The first kappa shape index (κ1) is 13.1. The number of fused-ring (bicyclic) bond motifs is 1. The van der Waals surface area contributed by atoms with Gasteiger partial charge < -0.3 is 10.1 Å². The molecule has 0 fully saturated rings. The van der Waals surface area contributed by atoms with Gasteiger partial charge in [-0.25, -0.2) is 9.97 Å². The van der Waals surface area contributed by atoms with Crippen molar-refractivity contribution in [3.05, 3.63) is 41.2 Å². The van der Waals surface area contributed by atoms with Gasteiger partial charge in [0.15, 0.2) is 5.82 Å². The standard InChI is InChI=1S/C16H19N3O/c1-3-20-15-7-5-4-6-13(15)16-18-11(2)12-8-9-17-10-14(12)19-16/h4-7,17H,3,8-10H2,1-2H3. The summed E-state index contributed by atoms with van der Waals surface area (Å²) >= 11 is 0. The molecule has 2 heterocycles. The van der Waals surface area contributed by atoms with Crippen LogP contribution in [0.3, 0.4) is 0 Å². The number of rotatable bonds is 3. The molecular weight excluding hydrogens is 250 g/mol. The smallest absolute Gasteiger partial charge is 0.163 e. The number of nitrogens with one attached hydrogen (secondary N) is 1. The number of para-hydroxylation sites is 1. The zero-order valence-corrected chi connectivity index (χ0v) is 11.9. The van der Waals surface area contributed by atoms with E-state index in [4.69, 9.17) is 9.72 Å². The van der Waals surface area contributed by atoms with Crippen LogP contribution in [0.1, 0.15) is 23.9 Å². The maximum Gasteiger partial charge on any atom is 0.163 e. The van der Waals surface area contributed by atoms with Crippen molar-refractivity contribution in [3.8, 4) is 17.1 Å². The minimum absolute atomic E-state index is 0.641. The van der Waals surface area contributed by atoms with E-state index >= 15 is 0 Å². The van der Waals surface area contributed by atoms with Gasteiger partial charge >= 0.3 is 0 Å². The molecule has 0 bridgehead atoms. The second kappa shape index (κ2) is 5.59. The normalized spacial score (nSPS) is 13.9. The van der Waals surface area contributed by atoms with Gasteiger partial charge in [0.05, 0.1) is 17.9 Å². The van der Waals surface area contributed by atoms with Gasteiger partial charge in [-0.15, -0.1) is 0 Å². The average molecular weight is 269 g/mol. The molecule has 0 unspecified atom stereocenters. The van der Waals surface area contributed by atoms with Crippen LogP contribution in [-0.4, -0.2) is 23.1 Å². The summed E-state index contributed by atoms with van der Waals surface area (Å²) in [5.74, 6) is 1.60. The van der Waals surface area contributed by atoms with Crippen molar-refractivity contribution in [2.45, 2.75) is 26.8 Å². The number of hydrogen-bond acceptors (Lipinski definition) is 4. The van der Waals surface area contributed by atoms with E-state index in [1.807, 2.05) is 31.2 Å². The average Bonchev–Trinajstić information content (AvgIpc) is 2.48. The van der Waals surface area contributed by atoms with Crippen LogP contribution >= 0.6 is 0 Å². The highest BCUT2D eigenvalue weighted by Gasteiger charge is 2.17. The molecule has 0 amide bonds. The zero-order valence-electron chi connectivity index (χ0n) is 11.9. The van der Waals surface area contributed by atoms with E-state index in [0.717, 1.165) is 48.0 Å². The third kappa shape index (κ3) is 2.39. The van der Waals surface area contributed by atoms with Crippen LogP contribution in [0.25, 0.3) is 11.4 Å². The Balaban J connectivity index is 2.09. The van der Waals surface area contributed by atoms with E-state index < -0.39 is 0 Å². The number of aryl methyl sites for hydroxylation is 1. The second-order valence-corrected chi connectivity index (χ2v) is 4.91. The molecule has 0 radical (unpaired) electrons. The van der Waals surface area contributed by atoms with E-state index in [-0.39, 0.29) is 0 Å². The first-order valence-corrected chi connectivity index (χ1v) is 7.09. The second-order valence-electron chi connectivity index (χ2n) is 4.91. The summed E-state index contributed by atoms with van der Waals surface area (Å²) < 4.78 is 5.68. The van der Waals surface area contributed by atoms with Crippen molar-refractivity contribution in [1.82, 2.24) is 15.3 Å². The molecule has 0 aliphatic carbocycles. The highest BCUT2D eigenvalue weighted by Crippen LogP contribution is 2.29. The fourth-order valence-corrected chi connectivity index (χ4v) is 2.60. The molecule has 1 aliphatic heterocycles. The van der Waals surface area contributed by atoms with E-state index in [1.165, 1.54) is 5.56 Å². The van der Waals surface area contributed by atoms with Gasteiger partial charge in [-0.3, -0.25) is 0 Å². The van der Waals surface area contributed by atoms with Crippen LogP contribution in [0.15, 0.2) is 24.3 Å². The monoisotopic (exact) mass is 269 g/mol. The number of nitrogens with zero attached hydrogens (tertiary/aromatic N) is 2. The van der Waals surface area contributed by atoms with Crippen LogP contribution in [0.5, 0.6) is 5.75 Å². The van der Waals surface area contributed by atoms with E-state index in [0.29, 0.717) is 6.61 Å². The van der Waals surface area contributed by atoms with Crippen molar-refractivity contribution in [2.75, 3.05) is 13.2 Å². The predicted molar refractivity (Wildman–Crippen MR) is 78.8 cm³/mol. The van der Waals surface area contributed by atoms with Crippen molar-refractivity contribution < 1.29 is 4.74 Å². The molecule has 4 heteroatoms. The van der Waals surface area contributed by atoms with Crippen molar-refractivity contribution in [1.29, 1.82) is 0 Å². The molecule has 1 N–H and O–H groups in total. The Morgan fingerprint density at radius 3 is 2.95 bits per heavy atom. The lowest BCUT2D eigenvalue weighted by Crippen LogP contribution is -2.26. The molecule has 1 aromatic carbocycles. The van der Waals surface area contributed by atoms with E-state index in [1.54, 1.807) is 0 Å². The largest absolute Gasteiger partial charge is 0.493 e. The first-order valence-electron chi connectivity index (χ1n) is 7.09. The molecule has 2 aromatic rings. The summed E-state index contributed by atoms with van der Waals surface area (Å²) in [6.07, 6.45) is 1.01. The van der Waals surface area contributed by atoms with Gasteiger partial charge in [-0.2, -0.15) is 0 Å². The van der Waals surface area contributed by atoms with Gasteiger partial charge in [0.2, 0.25) is 0 Å². The Labute approximate surface area is 119 Å². The van der Waals surface area contributed by atoms with Crippen molar-refractivity contribution in [2.24, 2.45) is 0 Å². The lowest BCUT2D eigenvalue weighted by Gasteiger charge is -2.19. The summed E-state index contributed by atoms with van der Waals surface area (Å²) in [5, 5.41) is 3.37. The highest BCUT2D eigenvalue weighted by atomic mass is 16.5. The molecule has 3 rings (SSSR count). The van der Waals surface area contributed by atoms with Crippen LogP contribution in [-0.2, 0) is 13.0 Å². The third-order valence-electron chi connectivity index (χ3n) is 3.57. The van der Waals surface area contributed by atoms with Crippen molar-refractivity contribution in [3.63, 3.8) is 0 Å². The van der Waals surface area contributed by atoms with E-state index in [2.05, 4.69) is 17.2 Å². The summed E-state index contributed by atoms with van der Waals surface area (Å²) in [5.41, 5.74) is 4.45. The number of ether oxygens (including phenoxy) is 1. The molecule has 0 saturated heterocycles. The predicted octanol–water partition coefficient (Wildman–Crippen LogP) is 2.50. The van der Waals surface area contributed by atoms with E-state index in [9.17, 15) is 0 Å². The molecular formula is C16H19N3O. The Hall–Kier alpha value is -1.94. The third-order valence-corrected chi connectivity index (χ3v) is 3.57. The quantitative estimate of drug-likeness (QED) is 0.930. The summed E-state index contributed by atoms with van der Waals surface area (Å²) in [7, 11) is 0. The molecule has 1 aliphatic rings. The Bertz CT molecular complexity index is 625. The van der Waals surface area contributed by atoms with Gasteiger partial charge in [0.25, 0.3) is 0 Å². The van der Waals surface area contributed by atoms with Gasteiger partial charge in [-0.05, 0) is 44.5 Å². The number of hydrogen-bond donors (Lipinski definition) is 1. The topological polar surface area (TPSA) is 47.0 Å². The van der Waals surface area contributed by atoms with Crippen LogP contribution in [0.2, 0.25) is 0 Å². The maximum atomic E-state index is 5.68. The van der Waals surface area contributed by atoms with Crippen LogP contribution in [0, 0.1) is 6.92 Å². The zero-order chi connectivity index (χ0) is 13.9. The van der Waals surface area contributed by atoms with Gasteiger partial charge in [0.1, 0.15) is 5.75 Å². The molecule has 104 valence electrons. The summed E-state index contributed by atoms with van der Waals surface area (Å²) in [4.78, 5) is 9.41.